The van der Waals surface area contributed by atoms with Crippen molar-refractivity contribution in [3.63, 3.8) is 0 Å². The topological polar surface area (TPSA) is 105 Å². The van der Waals surface area contributed by atoms with Crippen molar-refractivity contribution in [3.05, 3.63) is 126 Å². The average Bonchev–Trinajstić information content (AvgIpc) is 3.33. The van der Waals surface area contributed by atoms with Gasteiger partial charge in [-0.2, -0.15) is 0 Å². The van der Waals surface area contributed by atoms with Gasteiger partial charge in [0.2, 0.25) is 11.8 Å². The molecule has 1 unspecified atom stereocenters. The molecule has 1 saturated heterocycles. The van der Waals surface area contributed by atoms with Gasteiger partial charge in [0, 0.05) is 22.6 Å². The van der Waals surface area contributed by atoms with Crippen LogP contribution in [0.2, 0.25) is 0 Å². The van der Waals surface area contributed by atoms with Crippen LogP contribution < -0.4 is 20.3 Å². The van der Waals surface area contributed by atoms with Gasteiger partial charge >= 0.3 is 0 Å². The highest BCUT2D eigenvalue weighted by Crippen LogP contribution is 2.35. The zero-order valence-corrected chi connectivity index (χ0v) is 26.0. The Morgan fingerprint density at radius 2 is 1.56 bits per heavy atom. The first-order valence-electron chi connectivity index (χ1n) is 14.5. The van der Waals surface area contributed by atoms with Gasteiger partial charge in [-0.1, -0.05) is 56.3 Å². The molecule has 4 aromatic carbocycles. The van der Waals surface area contributed by atoms with Crippen LogP contribution in [0.15, 0.2) is 114 Å². The van der Waals surface area contributed by atoms with Crippen molar-refractivity contribution in [3.8, 4) is 5.75 Å². The Kier molecular flexibility index (Phi) is 9.79. The Bertz CT molecular complexity index is 1720. The summed E-state index contributed by atoms with van der Waals surface area (Å²) in [7, 11) is 1.55. The summed E-state index contributed by atoms with van der Waals surface area (Å²) < 4.78 is 5.16. The third kappa shape index (κ3) is 7.69. The summed E-state index contributed by atoms with van der Waals surface area (Å²) in [4.78, 5) is 54.2. The van der Waals surface area contributed by atoms with Crippen molar-refractivity contribution in [2.75, 3.05) is 17.3 Å². The molecule has 8 nitrogen and oxygen atoms in total. The molecular weight excluding hydrogens is 586 g/mol. The van der Waals surface area contributed by atoms with Crippen molar-refractivity contribution in [2.45, 2.75) is 36.3 Å². The van der Waals surface area contributed by atoms with E-state index in [1.807, 2.05) is 30.3 Å². The molecule has 9 heteroatoms. The number of rotatable bonds is 10. The van der Waals surface area contributed by atoms with E-state index in [9.17, 15) is 19.2 Å². The van der Waals surface area contributed by atoms with Crippen LogP contribution in [0.4, 0.5) is 11.4 Å². The van der Waals surface area contributed by atoms with Crippen LogP contribution in [-0.2, 0) is 14.4 Å². The quantitative estimate of drug-likeness (QED) is 0.152. The van der Waals surface area contributed by atoms with Crippen LogP contribution in [0.1, 0.15) is 47.7 Å². The SMILES string of the molecule is COc1ccc(N2C(=O)CC(Sc3ccc(NC(=O)/C(=C/c4ccc(C(C)C)cc4)NC(=O)c4ccccc4)cc3)C2=O)cc1. The van der Waals surface area contributed by atoms with Crippen LogP contribution in [0.5, 0.6) is 5.75 Å². The molecule has 1 heterocycles. The number of thioether (sulfide) groups is 1. The minimum absolute atomic E-state index is 0.0848. The predicted octanol–water partition coefficient (Wildman–Crippen LogP) is 6.65. The molecule has 1 fully saturated rings. The summed E-state index contributed by atoms with van der Waals surface area (Å²) in [6, 6.07) is 30.3. The Labute approximate surface area is 266 Å². The van der Waals surface area contributed by atoms with Crippen molar-refractivity contribution in [2.24, 2.45) is 0 Å². The van der Waals surface area contributed by atoms with Gasteiger partial charge in [0.15, 0.2) is 0 Å². The van der Waals surface area contributed by atoms with Gasteiger partial charge in [-0.05, 0) is 83.8 Å². The number of hydrogen-bond donors (Lipinski definition) is 2. The molecule has 0 aromatic heterocycles. The van der Waals surface area contributed by atoms with Gasteiger partial charge in [0.1, 0.15) is 11.4 Å². The number of nitrogens with one attached hydrogen (secondary N) is 2. The first-order chi connectivity index (χ1) is 21.7. The van der Waals surface area contributed by atoms with E-state index in [1.165, 1.54) is 22.2 Å². The highest BCUT2D eigenvalue weighted by atomic mass is 32.2. The van der Waals surface area contributed by atoms with E-state index in [2.05, 4.69) is 24.5 Å². The monoisotopic (exact) mass is 619 g/mol. The number of amides is 4. The number of carbonyl (C=O) groups excluding carboxylic acids is 4. The molecule has 0 aliphatic carbocycles. The maximum absolute atomic E-state index is 13.4. The Balaban J connectivity index is 1.28. The number of anilines is 2. The number of methoxy groups -OCH3 is 1. The second-order valence-electron chi connectivity index (χ2n) is 10.8. The maximum atomic E-state index is 13.4. The van der Waals surface area contributed by atoms with E-state index >= 15 is 0 Å². The van der Waals surface area contributed by atoms with Crippen LogP contribution in [0.3, 0.4) is 0 Å². The van der Waals surface area contributed by atoms with Crippen molar-refractivity contribution < 1.29 is 23.9 Å². The van der Waals surface area contributed by atoms with E-state index in [0.29, 0.717) is 28.6 Å². The number of imide groups is 1. The van der Waals surface area contributed by atoms with E-state index in [1.54, 1.807) is 86.0 Å². The van der Waals surface area contributed by atoms with Crippen LogP contribution in [0, 0.1) is 0 Å². The molecule has 1 atom stereocenters. The molecular formula is C36H33N3O5S. The number of hydrogen-bond acceptors (Lipinski definition) is 6. The molecule has 4 amide bonds. The number of ether oxygens (including phenoxy) is 1. The summed E-state index contributed by atoms with van der Waals surface area (Å²) in [5.74, 6) is -0.427. The summed E-state index contributed by atoms with van der Waals surface area (Å²) in [5.41, 5.74) is 3.47. The fourth-order valence-electron chi connectivity index (χ4n) is 4.76. The van der Waals surface area contributed by atoms with Crippen molar-refractivity contribution in [1.82, 2.24) is 5.32 Å². The molecule has 1 aliphatic rings. The van der Waals surface area contributed by atoms with Crippen molar-refractivity contribution in [1.29, 1.82) is 0 Å². The second-order valence-corrected chi connectivity index (χ2v) is 12.0. The number of nitrogens with zero attached hydrogens (tertiary/aromatic N) is 1. The van der Waals surface area contributed by atoms with Gasteiger partial charge in [-0.15, -0.1) is 11.8 Å². The molecule has 45 heavy (non-hydrogen) atoms. The first-order valence-corrected chi connectivity index (χ1v) is 15.4. The van der Waals surface area contributed by atoms with E-state index in [0.717, 1.165) is 10.5 Å². The zero-order valence-electron chi connectivity index (χ0n) is 25.2. The van der Waals surface area contributed by atoms with E-state index in [-0.39, 0.29) is 23.9 Å². The lowest BCUT2D eigenvalue weighted by molar-refractivity contribution is -0.121. The van der Waals surface area contributed by atoms with Gasteiger partial charge in [0.05, 0.1) is 18.0 Å². The third-order valence-electron chi connectivity index (χ3n) is 7.27. The smallest absolute Gasteiger partial charge is 0.272 e. The van der Waals surface area contributed by atoms with E-state index < -0.39 is 17.1 Å². The molecule has 0 spiro atoms. The lowest BCUT2D eigenvalue weighted by Gasteiger charge is -2.15. The van der Waals surface area contributed by atoms with Crippen LogP contribution >= 0.6 is 11.8 Å². The molecule has 0 radical (unpaired) electrons. The lowest BCUT2D eigenvalue weighted by Crippen LogP contribution is -2.31. The van der Waals surface area contributed by atoms with E-state index in [4.69, 9.17) is 4.74 Å². The minimum atomic E-state index is -0.565. The Hall–Kier alpha value is -5.15. The van der Waals surface area contributed by atoms with Crippen LogP contribution in [0.25, 0.3) is 6.08 Å². The Morgan fingerprint density at radius 3 is 2.18 bits per heavy atom. The van der Waals surface area contributed by atoms with Crippen LogP contribution in [-0.4, -0.2) is 36.0 Å². The largest absolute Gasteiger partial charge is 0.497 e. The molecule has 5 rings (SSSR count). The summed E-state index contributed by atoms with van der Waals surface area (Å²) in [5, 5.41) is 5.04. The second kappa shape index (κ2) is 14.1. The molecule has 4 aromatic rings. The van der Waals surface area contributed by atoms with Crippen molar-refractivity contribution >= 4 is 52.8 Å². The molecule has 0 saturated carbocycles. The summed E-state index contributed by atoms with van der Waals surface area (Å²) in [6.07, 6.45) is 1.73. The lowest BCUT2D eigenvalue weighted by atomic mass is 10.0. The van der Waals surface area contributed by atoms with Gasteiger partial charge in [0.25, 0.3) is 11.8 Å². The van der Waals surface area contributed by atoms with Gasteiger partial charge in [-0.25, -0.2) is 4.90 Å². The first kappa shape index (κ1) is 31.3. The fraction of sp³-hybridized carbons (Fsp3) is 0.167. The third-order valence-corrected chi connectivity index (χ3v) is 8.47. The average molecular weight is 620 g/mol. The molecule has 1 aliphatic heterocycles. The van der Waals surface area contributed by atoms with Gasteiger partial charge in [-0.3, -0.25) is 19.2 Å². The Morgan fingerprint density at radius 1 is 0.889 bits per heavy atom. The summed E-state index contributed by atoms with van der Waals surface area (Å²) >= 11 is 1.30. The predicted molar refractivity (Wildman–Crippen MR) is 177 cm³/mol. The highest BCUT2D eigenvalue weighted by Gasteiger charge is 2.40. The molecule has 2 N–H and O–H groups in total. The highest BCUT2D eigenvalue weighted by molar-refractivity contribution is 8.00. The maximum Gasteiger partial charge on any atom is 0.272 e. The zero-order chi connectivity index (χ0) is 31.9. The number of carbonyl (C=O) groups is 4. The molecule has 228 valence electrons. The molecule has 0 bridgehead atoms. The normalized spacial score (nSPS) is 14.9. The fourth-order valence-corrected chi connectivity index (χ4v) is 5.82. The minimum Gasteiger partial charge on any atom is -0.497 e. The van der Waals surface area contributed by atoms with Gasteiger partial charge < -0.3 is 15.4 Å². The number of benzene rings is 4. The summed E-state index contributed by atoms with van der Waals surface area (Å²) in [6.45, 7) is 4.21. The standard InChI is InChI=1S/C36H33N3O5S/c1-23(2)25-11-9-24(10-12-25)21-31(38-34(41)26-7-5-4-6-8-26)35(42)37-27-13-19-30(20-14-27)45-32-22-33(40)39(36(32)43)28-15-17-29(44-3)18-16-28/h4-21,23,32H,22H2,1-3H3,(H,37,42)(H,38,41)/b31-21-.